The normalized spacial score (nSPS) is 27.9. The van der Waals surface area contributed by atoms with Crippen molar-refractivity contribution in [3.8, 4) is 0 Å². The van der Waals surface area contributed by atoms with E-state index in [1.165, 1.54) is 32.1 Å². The van der Waals surface area contributed by atoms with Crippen LogP contribution in [0.5, 0.6) is 0 Å². The molecule has 2 saturated carbocycles. The average Bonchev–Trinajstić information content (AvgIpc) is 2.53. The molecular formula is C16H21N3O. The van der Waals surface area contributed by atoms with Crippen LogP contribution in [-0.4, -0.2) is 16.6 Å². The second kappa shape index (κ2) is 6.16. The maximum absolute atomic E-state index is 11.9. The molecule has 2 atom stereocenters. The largest absolute Gasteiger partial charge is 0.272 e. The number of aromatic nitrogens is 1. The highest BCUT2D eigenvalue weighted by atomic mass is 16.2. The average molecular weight is 271 g/mol. The molecule has 2 aliphatic carbocycles. The SMILES string of the molecule is O=C(N/N=C1/CC[C@H]2CCCC[C@@H]2C1)c1cccnc1. The van der Waals surface area contributed by atoms with E-state index in [4.69, 9.17) is 0 Å². The zero-order valence-corrected chi connectivity index (χ0v) is 11.7. The Morgan fingerprint density at radius 1 is 1.25 bits per heavy atom. The second-order valence-electron chi connectivity index (χ2n) is 5.91. The van der Waals surface area contributed by atoms with E-state index in [2.05, 4.69) is 15.5 Å². The number of amides is 1. The first-order chi connectivity index (χ1) is 9.83. The summed E-state index contributed by atoms with van der Waals surface area (Å²) in [7, 11) is 0. The maximum atomic E-state index is 11.9. The van der Waals surface area contributed by atoms with Gasteiger partial charge in [0.15, 0.2) is 0 Å². The van der Waals surface area contributed by atoms with Gasteiger partial charge in [0.2, 0.25) is 0 Å². The molecule has 0 unspecified atom stereocenters. The van der Waals surface area contributed by atoms with E-state index in [1.54, 1.807) is 24.5 Å². The molecule has 0 aliphatic heterocycles. The van der Waals surface area contributed by atoms with Gasteiger partial charge in [-0.25, -0.2) is 5.43 Å². The van der Waals surface area contributed by atoms with Crippen LogP contribution >= 0.6 is 0 Å². The number of carbonyl (C=O) groups excluding carboxylic acids is 1. The molecule has 3 rings (SSSR count). The van der Waals surface area contributed by atoms with Crippen molar-refractivity contribution in [2.45, 2.75) is 44.9 Å². The Balaban J connectivity index is 1.58. The minimum absolute atomic E-state index is 0.170. The van der Waals surface area contributed by atoms with Crippen molar-refractivity contribution < 1.29 is 4.79 Å². The highest BCUT2D eigenvalue weighted by Crippen LogP contribution is 2.39. The maximum Gasteiger partial charge on any atom is 0.272 e. The Hall–Kier alpha value is -1.71. The van der Waals surface area contributed by atoms with E-state index in [1.807, 2.05) is 0 Å². The van der Waals surface area contributed by atoms with Gasteiger partial charge in [0.1, 0.15) is 0 Å². The van der Waals surface area contributed by atoms with Crippen LogP contribution in [0.25, 0.3) is 0 Å². The monoisotopic (exact) mass is 271 g/mol. The first kappa shape index (κ1) is 13.3. The van der Waals surface area contributed by atoms with Gasteiger partial charge >= 0.3 is 0 Å². The lowest BCUT2D eigenvalue weighted by atomic mass is 9.70. The molecule has 0 spiro atoms. The standard InChI is InChI=1S/C16H21N3O/c20-16(14-6-3-9-17-11-14)19-18-15-8-7-12-4-1-2-5-13(12)10-15/h3,6,9,11-13H,1-2,4-5,7-8,10H2,(H,19,20)/b18-15-/t12-,13-/m1/s1. The number of fused-ring (bicyclic) bond motifs is 1. The Labute approximate surface area is 119 Å². The van der Waals surface area contributed by atoms with Gasteiger partial charge in [-0.15, -0.1) is 0 Å². The summed E-state index contributed by atoms with van der Waals surface area (Å²) in [5.74, 6) is 1.53. The van der Waals surface area contributed by atoms with E-state index < -0.39 is 0 Å². The van der Waals surface area contributed by atoms with E-state index in [0.29, 0.717) is 5.56 Å². The van der Waals surface area contributed by atoms with E-state index in [0.717, 1.165) is 30.4 Å². The van der Waals surface area contributed by atoms with Crippen molar-refractivity contribution in [3.05, 3.63) is 30.1 Å². The Morgan fingerprint density at radius 2 is 2.10 bits per heavy atom. The van der Waals surface area contributed by atoms with Gasteiger partial charge < -0.3 is 0 Å². The van der Waals surface area contributed by atoms with Gasteiger partial charge in [0.05, 0.1) is 5.56 Å². The Kier molecular flexibility index (Phi) is 4.09. The molecule has 20 heavy (non-hydrogen) atoms. The van der Waals surface area contributed by atoms with E-state index in [-0.39, 0.29) is 5.91 Å². The van der Waals surface area contributed by atoms with Crippen molar-refractivity contribution >= 4 is 11.6 Å². The molecule has 1 aromatic rings. The van der Waals surface area contributed by atoms with E-state index >= 15 is 0 Å². The first-order valence-corrected chi connectivity index (χ1v) is 7.59. The molecule has 1 amide bonds. The number of pyridine rings is 1. The molecule has 0 bridgehead atoms. The summed E-state index contributed by atoms with van der Waals surface area (Å²) in [6.07, 6.45) is 12.0. The van der Waals surface area contributed by atoms with Crippen LogP contribution in [-0.2, 0) is 0 Å². The highest BCUT2D eigenvalue weighted by Gasteiger charge is 2.30. The number of hydrazone groups is 1. The van der Waals surface area contributed by atoms with Crippen molar-refractivity contribution in [2.75, 3.05) is 0 Å². The number of nitrogens with one attached hydrogen (secondary N) is 1. The molecule has 1 N–H and O–H groups in total. The van der Waals surface area contributed by atoms with Crippen LogP contribution in [0.4, 0.5) is 0 Å². The lowest BCUT2D eigenvalue weighted by molar-refractivity contribution is 0.0953. The number of nitrogens with zero attached hydrogens (tertiary/aromatic N) is 2. The molecule has 106 valence electrons. The fourth-order valence-corrected chi connectivity index (χ4v) is 3.48. The first-order valence-electron chi connectivity index (χ1n) is 7.59. The predicted molar refractivity (Wildman–Crippen MR) is 78.4 cm³/mol. The predicted octanol–water partition coefficient (Wildman–Crippen LogP) is 3.16. The van der Waals surface area contributed by atoms with Gasteiger partial charge in [0.25, 0.3) is 5.91 Å². The molecular weight excluding hydrogens is 250 g/mol. The molecule has 4 heteroatoms. The number of carbonyl (C=O) groups is 1. The van der Waals surface area contributed by atoms with Crippen LogP contribution in [0.15, 0.2) is 29.6 Å². The smallest absolute Gasteiger partial charge is 0.267 e. The molecule has 0 saturated heterocycles. The minimum Gasteiger partial charge on any atom is -0.267 e. The highest BCUT2D eigenvalue weighted by molar-refractivity contribution is 5.95. The molecule has 0 radical (unpaired) electrons. The lowest BCUT2D eigenvalue weighted by Crippen LogP contribution is -2.29. The fraction of sp³-hybridized carbons (Fsp3) is 0.562. The molecule has 4 nitrogen and oxygen atoms in total. The van der Waals surface area contributed by atoms with Gasteiger partial charge in [-0.05, 0) is 49.7 Å². The molecule has 1 aromatic heterocycles. The summed E-state index contributed by atoms with van der Waals surface area (Å²) in [5, 5.41) is 4.34. The van der Waals surface area contributed by atoms with Crippen LogP contribution in [0.1, 0.15) is 55.3 Å². The number of rotatable bonds is 2. The van der Waals surface area contributed by atoms with E-state index in [9.17, 15) is 4.79 Å². The zero-order chi connectivity index (χ0) is 13.8. The summed E-state index contributed by atoms with van der Waals surface area (Å²) < 4.78 is 0. The van der Waals surface area contributed by atoms with Crippen LogP contribution in [0.3, 0.4) is 0 Å². The molecule has 1 heterocycles. The van der Waals surface area contributed by atoms with Gasteiger partial charge in [-0.3, -0.25) is 9.78 Å². The summed E-state index contributed by atoms with van der Waals surface area (Å²) in [6.45, 7) is 0. The third-order valence-corrected chi connectivity index (χ3v) is 4.61. The molecule has 2 aliphatic rings. The summed E-state index contributed by atoms with van der Waals surface area (Å²) in [6, 6.07) is 3.51. The third kappa shape index (κ3) is 3.06. The van der Waals surface area contributed by atoms with Gasteiger partial charge in [0, 0.05) is 18.1 Å². The Morgan fingerprint density at radius 3 is 2.90 bits per heavy atom. The molecule has 0 aromatic carbocycles. The van der Waals surface area contributed by atoms with Gasteiger partial charge in [-0.2, -0.15) is 5.10 Å². The second-order valence-corrected chi connectivity index (χ2v) is 5.91. The lowest BCUT2D eigenvalue weighted by Gasteiger charge is -2.35. The number of hydrogen-bond acceptors (Lipinski definition) is 3. The third-order valence-electron chi connectivity index (χ3n) is 4.61. The van der Waals surface area contributed by atoms with Crippen molar-refractivity contribution in [3.63, 3.8) is 0 Å². The van der Waals surface area contributed by atoms with Gasteiger partial charge in [-0.1, -0.05) is 19.3 Å². The molecule has 2 fully saturated rings. The minimum atomic E-state index is -0.170. The van der Waals surface area contributed by atoms with Crippen molar-refractivity contribution in [2.24, 2.45) is 16.9 Å². The zero-order valence-electron chi connectivity index (χ0n) is 11.7. The van der Waals surface area contributed by atoms with Crippen LogP contribution in [0.2, 0.25) is 0 Å². The summed E-state index contributed by atoms with van der Waals surface area (Å²) >= 11 is 0. The Bertz CT molecular complexity index is 498. The summed E-state index contributed by atoms with van der Waals surface area (Å²) in [4.78, 5) is 15.9. The quantitative estimate of drug-likeness (QED) is 0.840. The number of hydrogen-bond donors (Lipinski definition) is 1. The fourth-order valence-electron chi connectivity index (χ4n) is 3.48. The van der Waals surface area contributed by atoms with Crippen molar-refractivity contribution in [1.29, 1.82) is 0 Å². The van der Waals surface area contributed by atoms with Crippen molar-refractivity contribution in [1.82, 2.24) is 10.4 Å². The summed E-state index contributed by atoms with van der Waals surface area (Å²) in [5.41, 5.74) is 4.39. The van der Waals surface area contributed by atoms with Crippen LogP contribution in [0, 0.1) is 11.8 Å². The topological polar surface area (TPSA) is 54.4 Å². The van der Waals surface area contributed by atoms with Crippen LogP contribution < -0.4 is 5.43 Å².